The van der Waals surface area contributed by atoms with Crippen LogP contribution in [0.25, 0.3) is 49.6 Å². The fourth-order valence-corrected chi connectivity index (χ4v) is 5.95. The summed E-state index contributed by atoms with van der Waals surface area (Å²) >= 11 is 0. The predicted octanol–water partition coefficient (Wildman–Crippen LogP) is 9.28. The van der Waals surface area contributed by atoms with Crippen LogP contribution in [0, 0.1) is 38.7 Å². The largest absolute Gasteiger partial charge is 0.512 e. The van der Waals surface area contributed by atoms with Gasteiger partial charge in [-0.25, -0.2) is 9.97 Å². The Morgan fingerprint density at radius 3 is 2.16 bits per heavy atom. The van der Waals surface area contributed by atoms with Gasteiger partial charge < -0.3 is 14.5 Å². The Hall–Kier alpha value is -3.67. The number of benzene rings is 2. The Balaban J connectivity index is 0.000000239. The number of carbonyl (C=O) groups excluding carboxylic acids is 1. The first-order valence-electron chi connectivity index (χ1n) is 15.4. The van der Waals surface area contributed by atoms with Gasteiger partial charge in [0.25, 0.3) is 0 Å². The molecule has 2 aromatic carbocycles. The van der Waals surface area contributed by atoms with Gasteiger partial charge >= 0.3 is 0 Å². The van der Waals surface area contributed by atoms with Crippen LogP contribution in [-0.4, -0.2) is 30.2 Å². The van der Waals surface area contributed by atoms with Crippen LogP contribution in [0.3, 0.4) is 0 Å². The molecule has 7 heteroatoms. The molecular weight excluding hydrogens is 725 g/mol. The molecule has 0 aliphatic heterocycles. The first-order valence-corrected chi connectivity index (χ1v) is 15.4. The molecule has 0 saturated carbocycles. The normalized spacial score (nSPS) is 12.0. The van der Waals surface area contributed by atoms with Gasteiger partial charge in [0.15, 0.2) is 5.78 Å². The third-order valence-corrected chi connectivity index (χ3v) is 8.77. The van der Waals surface area contributed by atoms with Crippen molar-refractivity contribution in [3.8, 4) is 11.3 Å². The summed E-state index contributed by atoms with van der Waals surface area (Å²) in [4.78, 5) is 25.9. The number of aliphatic hydroxyl groups excluding tert-OH is 1. The number of hydrogen-bond donors (Lipinski definition) is 1. The Labute approximate surface area is 273 Å². The van der Waals surface area contributed by atoms with E-state index in [1.807, 2.05) is 46.9 Å². The summed E-state index contributed by atoms with van der Waals surface area (Å²) in [5, 5.41) is 12.0. The van der Waals surface area contributed by atoms with Crippen LogP contribution in [-0.2, 0) is 24.9 Å². The summed E-state index contributed by atoms with van der Waals surface area (Å²) in [5.41, 5.74) is 9.73. The molecule has 0 atom stereocenters. The molecule has 1 N–H and O–H groups in total. The number of rotatable bonds is 8. The number of allylic oxidation sites excluding steroid dienone is 2. The van der Waals surface area contributed by atoms with Crippen molar-refractivity contribution in [2.24, 2.45) is 11.8 Å². The maximum absolute atomic E-state index is 11.7. The minimum absolute atomic E-state index is 0. The number of aliphatic hydroxyl groups is 1. The Bertz CT molecular complexity index is 1950. The first kappa shape index (κ1) is 33.2. The molecule has 0 saturated heterocycles. The van der Waals surface area contributed by atoms with E-state index in [9.17, 15) is 9.90 Å². The summed E-state index contributed by atoms with van der Waals surface area (Å²) in [6.07, 6.45) is 6.84. The summed E-state index contributed by atoms with van der Waals surface area (Å²) in [6, 6.07) is 18.2. The van der Waals surface area contributed by atoms with Gasteiger partial charge in [0, 0.05) is 49.6 Å². The third-order valence-electron chi connectivity index (χ3n) is 8.77. The van der Waals surface area contributed by atoms with Crippen LogP contribution < -0.4 is 0 Å². The smallest absolute Gasteiger partial charge is 0.162 e. The van der Waals surface area contributed by atoms with Gasteiger partial charge in [-0.1, -0.05) is 62.9 Å². The van der Waals surface area contributed by atoms with Crippen LogP contribution >= 0.6 is 0 Å². The maximum Gasteiger partial charge on any atom is 0.162 e. The van der Waals surface area contributed by atoms with Crippen molar-refractivity contribution in [2.45, 2.75) is 74.1 Å². The number of aryl methyl sites for hydroxylation is 3. The molecule has 0 spiro atoms. The number of hydrogen-bond acceptors (Lipinski definition) is 5. The van der Waals surface area contributed by atoms with E-state index < -0.39 is 0 Å². The predicted molar refractivity (Wildman–Crippen MR) is 177 cm³/mol. The topological polar surface area (TPSA) is 80.4 Å². The fraction of sp³-hybridized carbons (Fsp3) is 0.351. The molecule has 0 unspecified atom stereocenters. The van der Waals surface area contributed by atoms with Crippen LogP contribution in [0.2, 0.25) is 0 Å². The van der Waals surface area contributed by atoms with Gasteiger partial charge in [0.1, 0.15) is 5.82 Å². The van der Waals surface area contributed by atoms with E-state index in [0.717, 1.165) is 81.1 Å². The molecule has 1 radical (unpaired) electrons. The Morgan fingerprint density at radius 1 is 0.886 bits per heavy atom. The van der Waals surface area contributed by atoms with E-state index in [2.05, 4.69) is 65.7 Å². The van der Waals surface area contributed by atoms with Gasteiger partial charge in [0.05, 0.1) is 27.8 Å². The third kappa shape index (κ3) is 6.13. The SMILES string of the molecule is CCC(CC)C(=O)/C=C(\O)C(CC)CC.Cc1nc2c3ccccc3n3c4cc(-c5cc(C)c(C)cn5)[c-]cc4c(n1)c23.[Ir]. The minimum atomic E-state index is 0. The van der Waals surface area contributed by atoms with E-state index in [1.165, 1.54) is 17.2 Å². The summed E-state index contributed by atoms with van der Waals surface area (Å²) < 4.78 is 2.28. The van der Waals surface area contributed by atoms with Crippen LogP contribution in [0.1, 0.15) is 70.3 Å². The number of carbonyl (C=O) groups is 1. The average molecular weight is 766 g/mol. The fourth-order valence-electron chi connectivity index (χ4n) is 5.95. The summed E-state index contributed by atoms with van der Waals surface area (Å²) in [5.74, 6) is 1.34. The maximum atomic E-state index is 11.7. The van der Waals surface area contributed by atoms with Gasteiger partial charge in [-0.3, -0.25) is 4.79 Å². The molecule has 44 heavy (non-hydrogen) atoms. The zero-order chi connectivity index (χ0) is 30.8. The second-order valence-electron chi connectivity index (χ2n) is 11.5. The molecule has 0 aliphatic rings. The Morgan fingerprint density at radius 2 is 1.52 bits per heavy atom. The molecule has 4 aromatic heterocycles. The standard InChI is InChI=1S/C24H17N4.C13H24O2.Ir/c1-13-10-19(25-12-14(13)2)16-8-9-18-21(11-16)28-20-7-5-4-6-17(20)22-24(28)23(18)27-15(3)26-22;1-5-10(6-2)12(14)9-13(15)11(7-3)8-4;/h4-7,9-12H,1-3H3;9-11,14H,5-8H2,1-4H3;/q-1;;/b;12-9-;. The van der Waals surface area contributed by atoms with Crippen molar-refractivity contribution < 1.29 is 30.0 Å². The zero-order valence-electron chi connectivity index (χ0n) is 26.7. The van der Waals surface area contributed by atoms with Gasteiger partial charge in [0.2, 0.25) is 0 Å². The number of fused-ring (bicyclic) bond motifs is 6. The molecule has 0 bridgehead atoms. The molecule has 0 amide bonds. The molecule has 6 rings (SSSR count). The van der Waals surface area contributed by atoms with E-state index in [-0.39, 0.29) is 43.5 Å². The van der Waals surface area contributed by atoms with E-state index in [1.54, 1.807) is 0 Å². The van der Waals surface area contributed by atoms with Crippen molar-refractivity contribution in [3.63, 3.8) is 0 Å². The van der Waals surface area contributed by atoms with Gasteiger partial charge in [-0.2, -0.15) is 0 Å². The molecule has 231 valence electrons. The van der Waals surface area contributed by atoms with Crippen LogP contribution in [0.4, 0.5) is 0 Å². The van der Waals surface area contributed by atoms with Crippen molar-refractivity contribution in [3.05, 3.63) is 83.5 Å². The van der Waals surface area contributed by atoms with E-state index >= 15 is 0 Å². The van der Waals surface area contributed by atoms with Crippen LogP contribution in [0.5, 0.6) is 0 Å². The number of ketones is 1. The molecular formula is C37H41IrN4O2-. The molecule has 6 nitrogen and oxygen atoms in total. The molecule has 6 aromatic rings. The van der Waals surface area contributed by atoms with Crippen molar-refractivity contribution >= 4 is 44.1 Å². The summed E-state index contributed by atoms with van der Waals surface area (Å²) in [7, 11) is 0. The van der Waals surface area contributed by atoms with E-state index in [0.29, 0.717) is 0 Å². The number of aromatic nitrogens is 4. The van der Waals surface area contributed by atoms with Crippen molar-refractivity contribution in [1.82, 2.24) is 19.4 Å². The molecule has 0 aliphatic carbocycles. The number of para-hydroxylation sites is 1. The van der Waals surface area contributed by atoms with Gasteiger partial charge in [-0.15, -0.1) is 23.8 Å². The van der Waals surface area contributed by atoms with Crippen molar-refractivity contribution in [2.75, 3.05) is 0 Å². The summed E-state index contributed by atoms with van der Waals surface area (Å²) in [6.45, 7) is 14.2. The monoisotopic (exact) mass is 766 g/mol. The first-order chi connectivity index (χ1) is 20.7. The second kappa shape index (κ2) is 14.0. The quantitative estimate of drug-likeness (QED) is 0.0950. The Kier molecular flexibility index (Phi) is 10.5. The number of nitrogens with zero attached hydrogens (tertiary/aromatic N) is 4. The zero-order valence-corrected chi connectivity index (χ0v) is 29.1. The second-order valence-corrected chi connectivity index (χ2v) is 11.5. The van der Waals surface area contributed by atoms with Crippen molar-refractivity contribution in [1.29, 1.82) is 0 Å². The van der Waals surface area contributed by atoms with Crippen LogP contribution in [0.15, 0.2) is 60.5 Å². The molecule has 4 heterocycles. The molecule has 0 fully saturated rings. The van der Waals surface area contributed by atoms with E-state index in [4.69, 9.17) is 9.97 Å². The van der Waals surface area contributed by atoms with Gasteiger partial charge in [-0.05, 0) is 69.3 Å². The minimum Gasteiger partial charge on any atom is -0.512 e. The average Bonchev–Trinajstić information content (AvgIpc) is 3.51. The number of pyridine rings is 1.